The molecule has 0 aliphatic heterocycles. The van der Waals surface area contributed by atoms with Gasteiger partial charge in [0.25, 0.3) is 0 Å². The van der Waals surface area contributed by atoms with Crippen molar-refractivity contribution >= 4 is 0 Å². The second-order valence-corrected chi connectivity index (χ2v) is 6.38. The summed E-state index contributed by atoms with van der Waals surface area (Å²) >= 11 is 0. The second-order valence-electron chi connectivity index (χ2n) is 6.38. The van der Waals surface area contributed by atoms with Gasteiger partial charge in [-0.25, -0.2) is 4.39 Å². The van der Waals surface area contributed by atoms with Crippen molar-refractivity contribution < 1.29 is 9.50 Å². The van der Waals surface area contributed by atoms with Crippen LogP contribution in [0.25, 0.3) is 22.4 Å². The van der Waals surface area contributed by atoms with Crippen molar-refractivity contribution in [2.45, 2.75) is 13.3 Å². The molecule has 0 unspecified atom stereocenters. The van der Waals surface area contributed by atoms with Crippen molar-refractivity contribution in [2.75, 3.05) is 13.7 Å². The van der Waals surface area contributed by atoms with Crippen LogP contribution < -0.4 is 5.73 Å². The Balaban J connectivity index is 0.000000245. The summed E-state index contributed by atoms with van der Waals surface area (Å²) < 4.78 is 13.0. The van der Waals surface area contributed by atoms with Gasteiger partial charge >= 0.3 is 0 Å². The first-order valence-corrected chi connectivity index (χ1v) is 9.58. The number of aliphatic hydroxyl groups is 1. The molecule has 5 nitrogen and oxygen atoms in total. The highest BCUT2D eigenvalue weighted by Gasteiger charge is 2.10. The smallest absolute Gasteiger partial charge is 0.123 e. The molecule has 0 fully saturated rings. The van der Waals surface area contributed by atoms with Crippen LogP contribution in [-0.2, 0) is 6.42 Å². The van der Waals surface area contributed by atoms with E-state index in [9.17, 15) is 4.39 Å². The van der Waals surface area contributed by atoms with Crippen molar-refractivity contribution in [1.29, 1.82) is 0 Å². The van der Waals surface area contributed by atoms with Crippen molar-refractivity contribution in [3.8, 4) is 22.4 Å². The van der Waals surface area contributed by atoms with Gasteiger partial charge in [-0.2, -0.15) is 5.10 Å². The molecule has 0 saturated heterocycles. The number of hydrogen-bond donors (Lipinski definition) is 3. The van der Waals surface area contributed by atoms with E-state index in [1.165, 1.54) is 17.7 Å². The SMILES string of the molecule is CO.Cc1cc(-c2cn[nH]c2-c2ccc(F)cc2)ccn1.NCCc1ccccc1. The molecular formula is C24H27FN4O. The summed E-state index contributed by atoms with van der Waals surface area (Å²) in [6.07, 6.45) is 4.53. The van der Waals surface area contributed by atoms with E-state index in [4.69, 9.17) is 10.8 Å². The predicted octanol–water partition coefficient (Wildman–Crippen LogP) is 4.38. The molecule has 2 aromatic heterocycles. The summed E-state index contributed by atoms with van der Waals surface area (Å²) in [5.74, 6) is -0.246. The van der Waals surface area contributed by atoms with E-state index in [-0.39, 0.29) is 5.82 Å². The molecule has 156 valence electrons. The third-order valence-electron chi connectivity index (χ3n) is 4.26. The Morgan fingerprint density at radius 3 is 2.30 bits per heavy atom. The Kier molecular flexibility index (Phi) is 9.37. The third-order valence-corrected chi connectivity index (χ3v) is 4.26. The molecule has 0 atom stereocenters. The lowest BCUT2D eigenvalue weighted by atomic mass is 10.0. The summed E-state index contributed by atoms with van der Waals surface area (Å²) in [6, 6.07) is 20.6. The number of aryl methyl sites for hydroxylation is 1. The number of nitrogens with zero attached hydrogens (tertiary/aromatic N) is 2. The first-order valence-electron chi connectivity index (χ1n) is 9.58. The van der Waals surface area contributed by atoms with E-state index in [1.54, 1.807) is 24.5 Å². The minimum atomic E-state index is -0.246. The van der Waals surface area contributed by atoms with E-state index >= 15 is 0 Å². The number of aromatic nitrogens is 3. The van der Waals surface area contributed by atoms with Gasteiger partial charge in [0.15, 0.2) is 0 Å². The van der Waals surface area contributed by atoms with Crippen LogP contribution in [0.4, 0.5) is 4.39 Å². The fourth-order valence-electron chi connectivity index (χ4n) is 2.87. The highest BCUT2D eigenvalue weighted by molar-refractivity contribution is 5.80. The normalized spacial score (nSPS) is 9.77. The molecule has 0 saturated carbocycles. The molecule has 0 amide bonds. The van der Waals surface area contributed by atoms with Gasteiger partial charge in [-0.1, -0.05) is 30.3 Å². The third kappa shape index (κ3) is 6.62. The van der Waals surface area contributed by atoms with Gasteiger partial charge in [0.2, 0.25) is 0 Å². The number of pyridine rings is 1. The molecule has 30 heavy (non-hydrogen) atoms. The van der Waals surface area contributed by atoms with Gasteiger partial charge in [0, 0.05) is 30.1 Å². The quantitative estimate of drug-likeness (QED) is 0.469. The molecule has 0 aliphatic rings. The van der Waals surface area contributed by atoms with Gasteiger partial charge in [0.05, 0.1) is 11.9 Å². The number of aromatic amines is 1. The average molecular weight is 407 g/mol. The number of rotatable bonds is 4. The minimum Gasteiger partial charge on any atom is -0.400 e. The molecule has 2 heterocycles. The Morgan fingerprint density at radius 1 is 0.967 bits per heavy atom. The van der Waals surface area contributed by atoms with Crippen molar-refractivity contribution in [1.82, 2.24) is 15.2 Å². The van der Waals surface area contributed by atoms with Crippen molar-refractivity contribution in [3.05, 3.63) is 96.2 Å². The summed E-state index contributed by atoms with van der Waals surface area (Å²) in [6.45, 7) is 2.69. The highest BCUT2D eigenvalue weighted by atomic mass is 19.1. The fraction of sp³-hybridized carbons (Fsp3) is 0.167. The van der Waals surface area contributed by atoms with Crippen LogP contribution in [0.5, 0.6) is 0 Å². The number of hydrogen-bond acceptors (Lipinski definition) is 4. The van der Waals surface area contributed by atoms with Gasteiger partial charge in [-0.3, -0.25) is 10.1 Å². The summed E-state index contributed by atoms with van der Waals surface area (Å²) in [4.78, 5) is 4.18. The van der Waals surface area contributed by atoms with Crippen LogP contribution >= 0.6 is 0 Å². The van der Waals surface area contributed by atoms with Gasteiger partial charge in [0.1, 0.15) is 5.82 Å². The number of benzene rings is 2. The van der Waals surface area contributed by atoms with Crippen LogP contribution in [0.1, 0.15) is 11.3 Å². The average Bonchev–Trinajstić information content (AvgIpc) is 3.27. The second kappa shape index (κ2) is 12.3. The van der Waals surface area contributed by atoms with Crippen molar-refractivity contribution in [2.24, 2.45) is 5.73 Å². The standard InChI is InChI=1S/C15H12FN3.C8H11N.CH4O/c1-10-8-12(6-7-17-10)14-9-18-19-15(14)11-2-4-13(16)5-3-11;9-7-6-8-4-2-1-3-5-8;1-2/h2-9H,1H3,(H,18,19);1-5H,6-7,9H2;2H,1H3. The number of halogens is 1. The maximum absolute atomic E-state index is 13.0. The lowest BCUT2D eigenvalue weighted by molar-refractivity contribution is 0.399. The van der Waals surface area contributed by atoms with Crippen LogP contribution in [0.15, 0.2) is 79.1 Å². The lowest BCUT2D eigenvalue weighted by Crippen LogP contribution is -2.01. The summed E-state index contributed by atoms with van der Waals surface area (Å²) in [7, 11) is 1.00. The largest absolute Gasteiger partial charge is 0.400 e. The first kappa shape index (κ1) is 22.9. The molecule has 0 spiro atoms. The van der Waals surface area contributed by atoms with Crippen LogP contribution in [-0.4, -0.2) is 33.9 Å². The van der Waals surface area contributed by atoms with E-state index in [0.29, 0.717) is 0 Å². The number of nitrogens with two attached hydrogens (primary N) is 1. The predicted molar refractivity (Wildman–Crippen MR) is 119 cm³/mol. The Morgan fingerprint density at radius 2 is 1.67 bits per heavy atom. The van der Waals surface area contributed by atoms with Gasteiger partial charge in [-0.15, -0.1) is 0 Å². The molecule has 0 radical (unpaired) electrons. The van der Waals surface area contributed by atoms with Gasteiger partial charge < -0.3 is 10.8 Å². The molecule has 4 rings (SSSR count). The van der Waals surface area contributed by atoms with Crippen molar-refractivity contribution in [3.63, 3.8) is 0 Å². The van der Waals surface area contributed by atoms with Crippen LogP contribution in [0.2, 0.25) is 0 Å². The molecule has 0 aliphatic carbocycles. The topological polar surface area (TPSA) is 87.8 Å². The minimum absolute atomic E-state index is 0.246. The Labute approximate surface area is 176 Å². The summed E-state index contributed by atoms with van der Waals surface area (Å²) in [5, 5.41) is 14.1. The first-order chi connectivity index (χ1) is 14.7. The van der Waals surface area contributed by atoms with Gasteiger partial charge in [-0.05, 0) is 67.4 Å². The summed E-state index contributed by atoms with van der Waals surface area (Å²) in [5.41, 5.74) is 11.4. The maximum Gasteiger partial charge on any atom is 0.123 e. The van der Waals surface area contributed by atoms with E-state index in [1.807, 2.05) is 37.3 Å². The highest BCUT2D eigenvalue weighted by Crippen LogP contribution is 2.30. The Bertz CT molecular complexity index is 1000. The molecule has 2 aromatic carbocycles. The zero-order chi connectivity index (χ0) is 21.8. The molecule has 4 N–H and O–H groups in total. The number of H-pyrrole nitrogens is 1. The van der Waals surface area contributed by atoms with E-state index in [0.717, 1.165) is 48.2 Å². The fourth-order valence-corrected chi connectivity index (χ4v) is 2.87. The molecule has 6 heteroatoms. The van der Waals surface area contributed by atoms with Crippen LogP contribution in [0.3, 0.4) is 0 Å². The molecular weight excluding hydrogens is 379 g/mol. The number of aliphatic hydroxyl groups excluding tert-OH is 1. The monoisotopic (exact) mass is 406 g/mol. The van der Waals surface area contributed by atoms with E-state index in [2.05, 4.69) is 27.3 Å². The zero-order valence-electron chi connectivity index (χ0n) is 17.2. The number of nitrogens with one attached hydrogen (secondary N) is 1. The maximum atomic E-state index is 13.0. The van der Waals surface area contributed by atoms with E-state index < -0.39 is 0 Å². The molecule has 4 aromatic rings. The molecule has 0 bridgehead atoms. The zero-order valence-corrected chi connectivity index (χ0v) is 17.2. The lowest BCUT2D eigenvalue weighted by Gasteiger charge is -2.04. The van der Waals surface area contributed by atoms with Crippen LogP contribution in [0, 0.1) is 12.7 Å². The Hall–Kier alpha value is -3.35.